The van der Waals surface area contributed by atoms with Crippen LogP contribution in [-0.2, 0) is 11.3 Å². The van der Waals surface area contributed by atoms with Crippen molar-refractivity contribution in [2.24, 2.45) is 0 Å². The molecule has 0 bridgehead atoms. The number of hydrogen-bond donors (Lipinski definition) is 1. The standard InChI is InChI=1S/C21H24IN5O2/c1-3-27(4-2)18-8-7-17(20-21(18)25-29-24-20)6-5-16-9-12-26(13-10-16)14-11-23-19(28)15-22/h5-10,12-13H,3-4,11,14-15H2,1-2H3/p+1. The number of fused-ring (bicyclic) bond motifs is 1. The quantitative estimate of drug-likeness (QED) is 0.274. The zero-order chi connectivity index (χ0) is 20.6. The summed E-state index contributed by atoms with van der Waals surface area (Å²) in [6.07, 6.45) is 8.08. The Hall–Kier alpha value is -2.49. The van der Waals surface area contributed by atoms with E-state index < -0.39 is 0 Å². The van der Waals surface area contributed by atoms with Crippen molar-refractivity contribution in [1.82, 2.24) is 15.6 Å². The second-order valence-electron chi connectivity index (χ2n) is 6.49. The van der Waals surface area contributed by atoms with Gasteiger partial charge in [-0.2, -0.15) is 0 Å². The number of benzene rings is 1. The van der Waals surface area contributed by atoms with Gasteiger partial charge in [0, 0.05) is 30.8 Å². The second kappa shape index (κ2) is 10.3. The number of anilines is 1. The molecule has 1 amide bonds. The fraction of sp³-hybridized carbons (Fsp3) is 0.333. The van der Waals surface area contributed by atoms with Crippen LogP contribution >= 0.6 is 22.6 Å². The summed E-state index contributed by atoms with van der Waals surface area (Å²) in [4.78, 5) is 13.5. The van der Waals surface area contributed by atoms with Crippen LogP contribution in [0.3, 0.4) is 0 Å². The molecule has 0 aliphatic carbocycles. The average molecular weight is 506 g/mol. The lowest BCUT2D eigenvalue weighted by atomic mass is 10.1. The first kappa shape index (κ1) is 21.2. The maximum atomic E-state index is 11.3. The molecule has 2 heterocycles. The van der Waals surface area contributed by atoms with E-state index in [4.69, 9.17) is 4.63 Å². The van der Waals surface area contributed by atoms with Gasteiger partial charge in [-0.25, -0.2) is 9.20 Å². The van der Waals surface area contributed by atoms with E-state index in [0.717, 1.165) is 47.5 Å². The number of halogens is 1. The molecular formula is C21H25IN5O2+. The van der Waals surface area contributed by atoms with Gasteiger partial charge in [0.25, 0.3) is 0 Å². The van der Waals surface area contributed by atoms with Crippen LogP contribution < -0.4 is 14.8 Å². The van der Waals surface area contributed by atoms with Gasteiger partial charge in [-0.3, -0.25) is 4.79 Å². The minimum absolute atomic E-state index is 0.0615. The van der Waals surface area contributed by atoms with E-state index in [9.17, 15) is 4.79 Å². The largest absolute Gasteiger partial charge is 0.370 e. The number of pyridine rings is 1. The molecule has 152 valence electrons. The molecule has 0 atom stereocenters. The first-order chi connectivity index (χ1) is 14.2. The summed E-state index contributed by atoms with van der Waals surface area (Å²) in [7, 11) is 0. The van der Waals surface area contributed by atoms with Gasteiger partial charge in [0.05, 0.1) is 16.7 Å². The van der Waals surface area contributed by atoms with Crippen molar-refractivity contribution in [2.75, 3.05) is 29.0 Å². The van der Waals surface area contributed by atoms with E-state index in [0.29, 0.717) is 11.0 Å². The topological polar surface area (TPSA) is 75.1 Å². The number of aromatic nitrogens is 3. The van der Waals surface area contributed by atoms with Gasteiger partial charge in [-0.15, -0.1) is 0 Å². The minimum Gasteiger partial charge on any atom is -0.370 e. The van der Waals surface area contributed by atoms with Crippen LogP contribution in [0.4, 0.5) is 5.69 Å². The molecule has 3 aromatic rings. The first-order valence-corrected chi connectivity index (χ1v) is 11.2. The summed E-state index contributed by atoms with van der Waals surface area (Å²) in [5, 5.41) is 11.1. The van der Waals surface area contributed by atoms with Crippen molar-refractivity contribution in [2.45, 2.75) is 20.4 Å². The van der Waals surface area contributed by atoms with E-state index in [1.807, 2.05) is 41.2 Å². The normalized spacial score (nSPS) is 11.3. The number of rotatable bonds is 9. The summed E-state index contributed by atoms with van der Waals surface area (Å²) in [6.45, 7) is 7.41. The molecule has 1 aromatic carbocycles. The number of carbonyl (C=O) groups excluding carboxylic acids is 1. The number of hydrogen-bond acceptors (Lipinski definition) is 5. The highest BCUT2D eigenvalue weighted by atomic mass is 127. The molecule has 0 unspecified atom stereocenters. The molecule has 0 saturated heterocycles. The Bertz CT molecular complexity index is 980. The van der Waals surface area contributed by atoms with Gasteiger partial charge in [-0.05, 0) is 35.8 Å². The van der Waals surface area contributed by atoms with Crippen molar-refractivity contribution >= 4 is 57.4 Å². The lowest BCUT2D eigenvalue weighted by Gasteiger charge is -2.20. The summed E-state index contributed by atoms with van der Waals surface area (Å²) >= 11 is 2.06. The lowest BCUT2D eigenvalue weighted by molar-refractivity contribution is -0.694. The predicted molar refractivity (Wildman–Crippen MR) is 123 cm³/mol. The van der Waals surface area contributed by atoms with Crippen molar-refractivity contribution in [3.63, 3.8) is 0 Å². The van der Waals surface area contributed by atoms with Gasteiger partial charge in [-0.1, -0.05) is 40.8 Å². The fourth-order valence-corrected chi connectivity index (χ4v) is 3.38. The molecule has 0 radical (unpaired) electrons. The Morgan fingerprint density at radius 3 is 2.55 bits per heavy atom. The third-order valence-electron chi connectivity index (χ3n) is 4.72. The Kier molecular flexibility index (Phi) is 7.56. The lowest BCUT2D eigenvalue weighted by Crippen LogP contribution is -2.40. The number of carbonyl (C=O) groups is 1. The maximum Gasteiger partial charge on any atom is 0.230 e. The van der Waals surface area contributed by atoms with Gasteiger partial charge in [0.15, 0.2) is 24.5 Å². The van der Waals surface area contributed by atoms with Crippen molar-refractivity contribution < 1.29 is 14.0 Å². The van der Waals surface area contributed by atoms with E-state index >= 15 is 0 Å². The molecule has 0 aliphatic rings. The van der Waals surface area contributed by atoms with Crippen molar-refractivity contribution in [3.05, 3.63) is 47.8 Å². The second-order valence-corrected chi connectivity index (χ2v) is 7.26. The summed E-state index contributed by atoms with van der Waals surface area (Å²) in [5.74, 6) is 0.0615. The highest BCUT2D eigenvalue weighted by Crippen LogP contribution is 2.28. The number of alkyl halides is 1. The Labute approximate surface area is 183 Å². The monoisotopic (exact) mass is 506 g/mol. The molecular weight excluding hydrogens is 481 g/mol. The van der Waals surface area contributed by atoms with Crippen LogP contribution in [0.25, 0.3) is 23.2 Å². The van der Waals surface area contributed by atoms with Crippen LogP contribution in [0.5, 0.6) is 0 Å². The zero-order valence-corrected chi connectivity index (χ0v) is 18.8. The molecule has 3 rings (SSSR count). The van der Waals surface area contributed by atoms with Crippen LogP contribution in [0.1, 0.15) is 25.0 Å². The van der Waals surface area contributed by atoms with Gasteiger partial charge in [0.2, 0.25) is 5.91 Å². The Morgan fingerprint density at radius 1 is 1.14 bits per heavy atom. The Balaban J connectivity index is 1.71. The average Bonchev–Trinajstić information content (AvgIpc) is 3.25. The molecule has 0 saturated carbocycles. The van der Waals surface area contributed by atoms with Crippen LogP contribution in [0, 0.1) is 0 Å². The number of nitrogens with zero attached hydrogens (tertiary/aromatic N) is 4. The molecule has 29 heavy (non-hydrogen) atoms. The first-order valence-electron chi connectivity index (χ1n) is 9.66. The van der Waals surface area contributed by atoms with Crippen molar-refractivity contribution in [3.8, 4) is 0 Å². The fourth-order valence-electron chi connectivity index (χ4n) is 3.11. The van der Waals surface area contributed by atoms with Crippen LogP contribution in [0.2, 0.25) is 0 Å². The number of nitrogens with one attached hydrogen (secondary N) is 1. The predicted octanol–water partition coefficient (Wildman–Crippen LogP) is 3.08. The smallest absolute Gasteiger partial charge is 0.230 e. The third-order valence-corrected chi connectivity index (χ3v) is 5.41. The van der Waals surface area contributed by atoms with E-state index in [2.05, 4.69) is 69.1 Å². The maximum absolute atomic E-state index is 11.3. The zero-order valence-electron chi connectivity index (χ0n) is 16.6. The summed E-state index contributed by atoms with van der Waals surface area (Å²) < 4.78 is 7.55. The molecule has 7 nitrogen and oxygen atoms in total. The molecule has 0 aliphatic heterocycles. The van der Waals surface area contributed by atoms with Crippen molar-refractivity contribution in [1.29, 1.82) is 0 Å². The SMILES string of the molecule is CCN(CC)c1ccc(/C=C/c2cc[n+](CCNC(=O)CI)cc2)c2nonc12. The van der Waals surface area contributed by atoms with Crippen LogP contribution in [-0.4, -0.2) is 40.3 Å². The highest BCUT2D eigenvalue weighted by molar-refractivity contribution is 14.1. The minimum atomic E-state index is 0.0615. The van der Waals surface area contributed by atoms with Gasteiger partial charge < -0.3 is 10.2 Å². The third kappa shape index (κ3) is 5.31. The molecule has 1 N–H and O–H groups in total. The van der Waals surface area contributed by atoms with E-state index in [1.165, 1.54) is 0 Å². The molecule has 0 spiro atoms. The molecule has 8 heteroatoms. The van der Waals surface area contributed by atoms with E-state index in [-0.39, 0.29) is 5.91 Å². The number of amides is 1. The molecule has 2 aromatic heterocycles. The van der Waals surface area contributed by atoms with E-state index in [1.54, 1.807) is 0 Å². The van der Waals surface area contributed by atoms with Crippen LogP contribution in [0.15, 0.2) is 41.3 Å². The van der Waals surface area contributed by atoms with Gasteiger partial charge >= 0.3 is 0 Å². The summed E-state index contributed by atoms with van der Waals surface area (Å²) in [5.41, 5.74) is 4.64. The summed E-state index contributed by atoms with van der Waals surface area (Å²) in [6, 6.07) is 8.20. The van der Waals surface area contributed by atoms with Gasteiger partial charge in [0.1, 0.15) is 5.52 Å². The Morgan fingerprint density at radius 2 is 1.86 bits per heavy atom. The molecule has 0 fully saturated rings. The highest BCUT2D eigenvalue weighted by Gasteiger charge is 2.14.